The summed E-state index contributed by atoms with van der Waals surface area (Å²) in [4.78, 5) is 8.31. The van der Waals surface area contributed by atoms with E-state index in [1.807, 2.05) is 0 Å². The van der Waals surface area contributed by atoms with E-state index in [9.17, 15) is 0 Å². The van der Waals surface area contributed by atoms with E-state index >= 15 is 0 Å². The fraction of sp³-hybridized carbons (Fsp3) is 0.412. The minimum atomic E-state index is -0.113. The number of rotatable bonds is 9. The Morgan fingerprint density at radius 3 is 2.24 bits per heavy atom. The number of nitrogens with one attached hydrogen (secondary N) is 1. The third-order valence-corrected chi connectivity index (χ3v) is 8.12. The van der Waals surface area contributed by atoms with Crippen LogP contribution >= 0.6 is 0 Å². The third-order valence-electron chi connectivity index (χ3n) is 8.12. The van der Waals surface area contributed by atoms with Crippen molar-refractivity contribution in [2.75, 3.05) is 41.3 Å². The molecule has 0 amide bonds. The zero-order valence-corrected chi connectivity index (χ0v) is 24.3. The van der Waals surface area contributed by atoms with E-state index in [2.05, 4.69) is 135 Å². The smallest absolute Gasteiger partial charge is 0.0616 e. The predicted octanol–water partition coefficient (Wildman–Crippen LogP) is 7.21. The number of allylic oxidation sites excluding steroid dienone is 3. The van der Waals surface area contributed by atoms with Crippen LogP contribution in [0.3, 0.4) is 0 Å². The third kappa shape index (κ3) is 5.00. The maximum Gasteiger partial charge on any atom is 0.0616 e. The Balaban J connectivity index is 1.64. The first-order chi connectivity index (χ1) is 18.2. The Bertz CT molecular complexity index is 1490. The molecule has 0 fully saturated rings. The lowest BCUT2D eigenvalue weighted by atomic mass is 9.88. The van der Waals surface area contributed by atoms with Gasteiger partial charge in [-0.1, -0.05) is 54.1 Å². The summed E-state index contributed by atoms with van der Waals surface area (Å²) in [5.74, 6) is 0.412. The number of para-hydroxylation sites is 2. The topological polar surface area (TPSA) is 27.2 Å². The first-order valence-corrected chi connectivity index (χ1v) is 14.0. The van der Waals surface area contributed by atoms with Gasteiger partial charge in [-0.05, 0) is 97.6 Å². The van der Waals surface area contributed by atoms with Gasteiger partial charge in [0.2, 0.25) is 0 Å². The number of nitrogens with zero attached hydrogens (tertiary/aromatic N) is 3. The zero-order valence-electron chi connectivity index (χ0n) is 24.3. The number of hydrogen-bond donors (Lipinski definition) is 1. The van der Waals surface area contributed by atoms with E-state index < -0.39 is 0 Å². The van der Waals surface area contributed by atoms with Crippen molar-refractivity contribution in [3.63, 3.8) is 0 Å². The number of aromatic amines is 1. The summed E-state index contributed by atoms with van der Waals surface area (Å²) >= 11 is 0. The van der Waals surface area contributed by atoms with Crippen LogP contribution in [0.5, 0.6) is 0 Å². The van der Waals surface area contributed by atoms with Crippen LogP contribution in [0.2, 0.25) is 0 Å². The minimum Gasteiger partial charge on any atom is -0.355 e. The fourth-order valence-electron chi connectivity index (χ4n) is 6.41. The van der Waals surface area contributed by atoms with Gasteiger partial charge in [-0.15, -0.1) is 0 Å². The molecule has 4 heteroatoms. The number of hydrogen-bond acceptors (Lipinski definition) is 2. The second kappa shape index (κ2) is 10.6. The molecule has 5 rings (SSSR count). The van der Waals surface area contributed by atoms with Gasteiger partial charge in [-0.3, -0.25) is 0 Å². The van der Waals surface area contributed by atoms with Gasteiger partial charge in [0.15, 0.2) is 0 Å². The lowest BCUT2D eigenvalue weighted by Crippen LogP contribution is -2.23. The van der Waals surface area contributed by atoms with Gasteiger partial charge in [0.25, 0.3) is 0 Å². The highest BCUT2D eigenvalue weighted by Gasteiger charge is 2.41. The van der Waals surface area contributed by atoms with Gasteiger partial charge in [0.1, 0.15) is 0 Å². The summed E-state index contributed by atoms with van der Waals surface area (Å²) < 4.78 is 2.66. The van der Waals surface area contributed by atoms with E-state index in [0.29, 0.717) is 5.92 Å². The Kier molecular flexibility index (Phi) is 7.39. The van der Waals surface area contributed by atoms with Crippen LogP contribution in [0.25, 0.3) is 27.9 Å². The molecular formula is C34H44N4. The molecule has 1 unspecified atom stereocenters. The van der Waals surface area contributed by atoms with Crippen LogP contribution in [-0.4, -0.2) is 60.6 Å². The minimum absolute atomic E-state index is 0.113. The van der Waals surface area contributed by atoms with E-state index in [1.54, 1.807) is 0 Å². The predicted molar refractivity (Wildman–Crippen MR) is 164 cm³/mol. The molecule has 2 atom stereocenters. The maximum absolute atomic E-state index is 3.74. The highest BCUT2D eigenvalue weighted by molar-refractivity contribution is 5.88. The molecule has 4 nitrogen and oxygen atoms in total. The van der Waals surface area contributed by atoms with Crippen LogP contribution in [0.15, 0.2) is 66.3 Å². The Hall–Kier alpha value is -3.08. The normalized spacial score (nSPS) is 19.4. The standard InChI is InChI=1S/C34H44N4/c1-24(2)22-25-23-34(3,38-32-15-11-9-13-28(32)29(33(25)38)18-21-37(6)7)19-16-31-27(17-20-36(4)5)26-12-8-10-14-30(26)35-31/h8-16,19,22,25,35H,17-18,20-21,23H2,1-7H3/b19-16+/t25-,34?/m0/s1. The first kappa shape index (κ1) is 26.5. The van der Waals surface area contributed by atoms with Gasteiger partial charge in [-0.2, -0.15) is 0 Å². The van der Waals surface area contributed by atoms with Crippen LogP contribution in [-0.2, 0) is 18.4 Å². The van der Waals surface area contributed by atoms with Gasteiger partial charge in [-0.25, -0.2) is 0 Å². The Morgan fingerprint density at radius 2 is 1.55 bits per heavy atom. The van der Waals surface area contributed by atoms with E-state index in [4.69, 9.17) is 0 Å². The monoisotopic (exact) mass is 508 g/mol. The second-order valence-corrected chi connectivity index (χ2v) is 12.1. The molecule has 2 aromatic heterocycles. The van der Waals surface area contributed by atoms with E-state index in [1.165, 1.54) is 49.9 Å². The molecule has 38 heavy (non-hydrogen) atoms. The second-order valence-electron chi connectivity index (χ2n) is 12.1. The molecule has 1 N–H and O–H groups in total. The molecule has 0 spiro atoms. The molecule has 0 saturated heterocycles. The summed E-state index contributed by atoms with van der Waals surface area (Å²) in [7, 11) is 8.65. The molecule has 0 bridgehead atoms. The summed E-state index contributed by atoms with van der Waals surface area (Å²) in [5, 5.41) is 2.75. The van der Waals surface area contributed by atoms with Crippen molar-refractivity contribution in [3.8, 4) is 0 Å². The van der Waals surface area contributed by atoms with Crippen molar-refractivity contribution in [1.82, 2.24) is 19.4 Å². The molecule has 1 aliphatic heterocycles. The van der Waals surface area contributed by atoms with Crippen LogP contribution in [0.4, 0.5) is 0 Å². The average Bonchev–Trinajstić information content (AvgIpc) is 3.48. The molecule has 0 saturated carbocycles. The molecule has 200 valence electrons. The van der Waals surface area contributed by atoms with Crippen LogP contribution in [0, 0.1) is 0 Å². The summed E-state index contributed by atoms with van der Waals surface area (Å²) in [6.45, 7) is 8.98. The lowest BCUT2D eigenvalue weighted by Gasteiger charge is -2.25. The van der Waals surface area contributed by atoms with Crippen molar-refractivity contribution in [2.24, 2.45) is 0 Å². The Morgan fingerprint density at radius 1 is 0.921 bits per heavy atom. The summed E-state index contributed by atoms with van der Waals surface area (Å²) in [6.07, 6.45) is 10.5. The SMILES string of the molecule is CC(C)=C[C@H]1CC(C)(/C=C/c2[nH]c3ccccc3c2CCN(C)C)n2c1c(CCN(C)C)c1ccccc12. The van der Waals surface area contributed by atoms with Gasteiger partial charge in [0, 0.05) is 52.2 Å². The quantitative estimate of drug-likeness (QED) is 0.242. The van der Waals surface area contributed by atoms with Crippen molar-refractivity contribution >= 4 is 27.9 Å². The molecule has 4 aromatic rings. The molecule has 0 aliphatic carbocycles. The average molecular weight is 509 g/mol. The first-order valence-electron chi connectivity index (χ1n) is 14.0. The van der Waals surface area contributed by atoms with Crippen LogP contribution < -0.4 is 0 Å². The molecular weight excluding hydrogens is 464 g/mol. The highest BCUT2D eigenvalue weighted by atomic mass is 15.1. The molecule has 3 heterocycles. The number of H-pyrrole nitrogens is 1. The lowest BCUT2D eigenvalue weighted by molar-refractivity contribution is 0.413. The van der Waals surface area contributed by atoms with Crippen molar-refractivity contribution in [2.45, 2.75) is 51.5 Å². The van der Waals surface area contributed by atoms with Crippen molar-refractivity contribution in [1.29, 1.82) is 0 Å². The fourth-order valence-corrected chi connectivity index (χ4v) is 6.41. The largest absolute Gasteiger partial charge is 0.355 e. The number of benzene rings is 2. The van der Waals surface area contributed by atoms with E-state index in [0.717, 1.165) is 32.4 Å². The highest BCUT2D eigenvalue weighted by Crippen LogP contribution is 2.49. The number of aromatic nitrogens is 2. The van der Waals surface area contributed by atoms with Gasteiger partial charge < -0.3 is 19.4 Å². The van der Waals surface area contributed by atoms with Gasteiger partial charge >= 0.3 is 0 Å². The Labute approximate surface area is 228 Å². The van der Waals surface area contributed by atoms with E-state index in [-0.39, 0.29) is 5.54 Å². The van der Waals surface area contributed by atoms with Crippen molar-refractivity contribution in [3.05, 3.63) is 88.8 Å². The van der Waals surface area contributed by atoms with Crippen molar-refractivity contribution < 1.29 is 0 Å². The molecule has 0 radical (unpaired) electrons. The van der Waals surface area contributed by atoms with Crippen LogP contribution in [0.1, 0.15) is 55.6 Å². The van der Waals surface area contributed by atoms with Gasteiger partial charge in [0.05, 0.1) is 5.54 Å². The summed E-state index contributed by atoms with van der Waals surface area (Å²) in [6, 6.07) is 17.8. The number of likely N-dealkylation sites (N-methyl/N-ethyl adjacent to an activating group) is 2. The summed E-state index contributed by atoms with van der Waals surface area (Å²) in [5.41, 5.74) is 9.54. The molecule has 2 aromatic carbocycles. The maximum atomic E-state index is 3.74. The molecule has 1 aliphatic rings. The number of fused-ring (bicyclic) bond motifs is 4. The zero-order chi connectivity index (χ0) is 27.0.